The first-order valence-corrected chi connectivity index (χ1v) is 12.0. The van der Waals surface area contributed by atoms with Crippen molar-refractivity contribution < 1.29 is 9.53 Å². The van der Waals surface area contributed by atoms with Crippen LogP contribution < -0.4 is 19.9 Å². The fourth-order valence-corrected chi connectivity index (χ4v) is 4.51. The highest BCUT2D eigenvalue weighted by molar-refractivity contribution is 7.99. The predicted octanol–water partition coefficient (Wildman–Crippen LogP) is 4.16. The molecule has 2 heterocycles. The van der Waals surface area contributed by atoms with E-state index in [1.54, 1.807) is 13.3 Å². The number of nitrogens with one attached hydrogen (secondary N) is 1. The number of thioether (sulfide) groups is 1. The molecule has 0 bridgehead atoms. The van der Waals surface area contributed by atoms with Crippen LogP contribution in [0.1, 0.15) is 11.1 Å². The van der Waals surface area contributed by atoms with Gasteiger partial charge in [-0.25, -0.2) is 9.97 Å². The number of benzene rings is 2. The molecule has 33 heavy (non-hydrogen) atoms. The molecule has 2 aromatic carbocycles. The number of rotatable bonds is 7. The Kier molecular flexibility index (Phi) is 7.34. The molecule has 1 N–H and O–H groups in total. The zero-order valence-electron chi connectivity index (χ0n) is 19.2. The van der Waals surface area contributed by atoms with Crippen molar-refractivity contribution in [2.24, 2.45) is 0 Å². The van der Waals surface area contributed by atoms with Crippen LogP contribution in [0, 0.1) is 13.8 Å². The highest BCUT2D eigenvalue weighted by Gasteiger charge is 2.19. The van der Waals surface area contributed by atoms with E-state index in [0.29, 0.717) is 5.16 Å². The normalized spacial score (nSPS) is 13.7. The number of hydrogen-bond acceptors (Lipinski definition) is 7. The monoisotopic (exact) mass is 463 g/mol. The molecule has 4 rings (SSSR count). The first-order chi connectivity index (χ1) is 16.0. The summed E-state index contributed by atoms with van der Waals surface area (Å²) in [5, 5.41) is 3.63. The Bertz CT molecular complexity index is 1080. The van der Waals surface area contributed by atoms with Crippen molar-refractivity contribution >= 4 is 34.9 Å². The summed E-state index contributed by atoms with van der Waals surface area (Å²) in [7, 11) is 1.68. The van der Waals surface area contributed by atoms with Crippen molar-refractivity contribution in [1.29, 1.82) is 0 Å². The van der Waals surface area contributed by atoms with Crippen LogP contribution in [0.2, 0.25) is 0 Å². The molecule has 1 fully saturated rings. The molecule has 7 nitrogen and oxygen atoms in total. The highest BCUT2D eigenvalue weighted by Crippen LogP contribution is 2.24. The van der Waals surface area contributed by atoms with Gasteiger partial charge in [0.2, 0.25) is 5.91 Å². The van der Waals surface area contributed by atoms with Crippen LogP contribution >= 0.6 is 11.8 Å². The Morgan fingerprint density at radius 3 is 2.33 bits per heavy atom. The fourth-order valence-electron chi connectivity index (χ4n) is 3.88. The lowest BCUT2D eigenvalue weighted by atomic mass is 10.1. The van der Waals surface area contributed by atoms with Crippen molar-refractivity contribution in [3.05, 3.63) is 65.9 Å². The molecule has 1 amide bonds. The molecular weight excluding hydrogens is 434 g/mol. The average molecular weight is 464 g/mol. The molecule has 172 valence electrons. The molecule has 0 radical (unpaired) electrons. The van der Waals surface area contributed by atoms with Crippen molar-refractivity contribution in [3.63, 3.8) is 0 Å². The SMILES string of the molecule is COc1ccc(N2CCN(c3ccnc(SCC(=O)Nc4c(C)cccc4C)n3)CC2)cc1. The van der Waals surface area contributed by atoms with Gasteiger partial charge in [0.05, 0.1) is 12.9 Å². The van der Waals surface area contributed by atoms with E-state index >= 15 is 0 Å². The van der Waals surface area contributed by atoms with E-state index in [1.807, 2.05) is 50.2 Å². The zero-order valence-corrected chi connectivity index (χ0v) is 20.1. The molecule has 1 aliphatic rings. The molecule has 0 saturated carbocycles. The van der Waals surface area contributed by atoms with Crippen LogP contribution in [0.5, 0.6) is 5.75 Å². The summed E-state index contributed by atoms with van der Waals surface area (Å²) in [6, 6.07) is 16.1. The van der Waals surface area contributed by atoms with E-state index in [9.17, 15) is 4.79 Å². The standard InChI is InChI=1S/C25H29N5O2S/c1-18-5-4-6-19(2)24(18)28-23(31)17-33-25-26-12-11-22(27-25)30-15-13-29(14-16-30)20-7-9-21(32-3)10-8-20/h4-12H,13-17H2,1-3H3,(H,28,31). The highest BCUT2D eigenvalue weighted by atomic mass is 32.2. The summed E-state index contributed by atoms with van der Waals surface area (Å²) in [5.41, 5.74) is 4.19. The van der Waals surface area contributed by atoms with Gasteiger partial charge < -0.3 is 19.9 Å². The largest absolute Gasteiger partial charge is 0.497 e. The number of carbonyl (C=O) groups is 1. The number of para-hydroxylation sites is 1. The third kappa shape index (κ3) is 5.76. The first kappa shape index (κ1) is 22.9. The third-order valence-corrected chi connectivity index (χ3v) is 6.60. The van der Waals surface area contributed by atoms with E-state index in [0.717, 1.165) is 54.6 Å². The van der Waals surface area contributed by atoms with Crippen LogP contribution in [0.25, 0.3) is 0 Å². The van der Waals surface area contributed by atoms with E-state index < -0.39 is 0 Å². The Morgan fingerprint density at radius 2 is 1.67 bits per heavy atom. The summed E-state index contributed by atoms with van der Waals surface area (Å²) in [4.78, 5) is 26.2. The number of carbonyl (C=O) groups excluding carboxylic acids is 1. The molecule has 1 aliphatic heterocycles. The van der Waals surface area contributed by atoms with Gasteiger partial charge in [-0.05, 0) is 55.3 Å². The number of hydrogen-bond donors (Lipinski definition) is 1. The smallest absolute Gasteiger partial charge is 0.234 e. The van der Waals surface area contributed by atoms with Crippen molar-refractivity contribution in [2.45, 2.75) is 19.0 Å². The number of ether oxygens (including phenoxy) is 1. The van der Waals surface area contributed by atoms with Gasteiger partial charge in [-0.15, -0.1) is 0 Å². The van der Waals surface area contributed by atoms with Gasteiger partial charge in [0, 0.05) is 43.8 Å². The van der Waals surface area contributed by atoms with E-state index in [4.69, 9.17) is 9.72 Å². The maximum Gasteiger partial charge on any atom is 0.234 e. The lowest BCUT2D eigenvalue weighted by Gasteiger charge is -2.36. The predicted molar refractivity (Wildman–Crippen MR) is 135 cm³/mol. The summed E-state index contributed by atoms with van der Waals surface area (Å²) >= 11 is 1.36. The number of amides is 1. The van der Waals surface area contributed by atoms with Gasteiger partial charge in [0.15, 0.2) is 5.16 Å². The fraction of sp³-hybridized carbons (Fsp3) is 0.320. The molecule has 0 aliphatic carbocycles. The van der Waals surface area contributed by atoms with Gasteiger partial charge in [-0.1, -0.05) is 30.0 Å². The third-order valence-electron chi connectivity index (χ3n) is 5.74. The number of methoxy groups -OCH3 is 1. The number of nitrogens with zero attached hydrogens (tertiary/aromatic N) is 4. The van der Waals surface area contributed by atoms with Crippen molar-refractivity contribution in [3.8, 4) is 5.75 Å². The zero-order chi connectivity index (χ0) is 23.2. The average Bonchev–Trinajstić information content (AvgIpc) is 2.85. The van der Waals surface area contributed by atoms with Gasteiger partial charge in [-0.3, -0.25) is 4.79 Å². The Balaban J connectivity index is 1.31. The lowest BCUT2D eigenvalue weighted by molar-refractivity contribution is -0.113. The minimum atomic E-state index is -0.0560. The van der Waals surface area contributed by atoms with Crippen molar-refractivity contribution in [1.82, 2.24) is 9.97 Å². The van der Waals surface area contributed by atoms with E-state index in [2.05, 4.69) is 32.2 Å². The quantitative estimate of drug-likeness (QED) is 0.417. The minimum Gasteiger partial charge on any atom is -0.497 e. The topological polar surface area (TPSA) is 70.6 Å². The van der Waals surface area contributed by atoms with Crippen LogP contribution in [0.3, 0.4) is 0 Å². The number of aromatic nitrogens is 2. The molecular formula is C25H29N5O2S. The van der Waals surface area contributed by atoms with Gasteiger partial charge in [-0.2, -0.15) is 0 Å². The molecule has 0 atom stereocenters. The summed E-state index contributed by atoms with van der Waals surface area (Å²) in [6.07, 6.45) is 1.77. The first-order valence-electron chi connectivity index (χ1n) is 11.0. The number of anilines is 3. The molecule has 8 heteroatoms. The Morgan fingerprint density at radius 1 is 1.00 bits per heavy atom. The second kappa shape index (κ2) is 10.6. The van der Waals surface area contributed by atoms with Crippen LogP contribution in [0.15, 0.2) is 59.9 Å². The van der Waals surface area contributed by atoms with E-state index in [-0.39, 0.29) is 11.7 Å². The molecule has 0 spiro atoms. The Hall–Kier alpha value is -3.26. The second-order valence-corrected chi connectivity index (χ2v) is 8.92. The van der Waals surface area contributed by atoms with Gasteiger partial charge in [0.1, 0.15) is 11.6 Å². The van der Waals surface area contributed by atoms with Crippen LogP contribution in [0.4, 0.5) is 17.2 Å². The molecule has 1 aromatic heterocycles. The maximum atomic E-state index is 12.5. The van der Waals surface area contributed by atoms with E-state index in [1.165, 1.54) is 17.4 Å². The lowest BCUT2D eigenvalue weighted by Crippen LogP contribution is -2.46. The van der Waals surface area contributed by atoms with Crippen molar-refractivity contribution in [2.75, 3.05) is 54.2 Å². The maximum absolute atomic E-state index is 12.5. The van der Waals surface area contributed by atoms with Gasteiger partial charge in [0.25, 0.3) is 0 Å². The molecule has 0 unspecified atom stereocenters. The summed E-state index contributed by atoms with van der Waals surface area (Å²) in [5.74, 6) is 1.98. The molecule has 1 saturated heterocycles. The van der Waals surface area contributed by atoms with Crippen LogP contribution in [-0.2, 0) is 4.79 Å². The number of aryl methyl sites for hydroxylation is 2. The summed E-state index contributed by atoms with van der Waals surface area (Å²) < 4.78 is 5.25. The Labute approximate surface area is 199 Å². The van der Waals surface area contributed by atoms with Gasteiger partial charge >= 0.3 is 0 Å². The van der Waals surface area contributed by atoms with Crippen LogP contribution in [-0.4, -0.2) is 54.9 Å². The molecule has 3 aromatic rings. The minimum absolute atomic E-state index is 0.0560. The summed E-state index contributed by atoms with van der Waals surface area (Å²) in [6.45, 7) is 7.57. The number of piperazine rings is 1. The second-order valence-electron chi connectivity index (χ2n) is 7.97.